The van der Waals surface area contributed by atoms with E-state index in [1.807, 2.05) is 6.92 Å². The topological polar surface area (TPSA) is 108 Å². The van der Waals surface area contributed by atoms with Crippen LogP contribution in [0.4, 0.5) is 5.00 Å². The molecule has 168 valence electrons. The summed E-state index contributed by atoms with van der Waals surface area (Å²) in [6, 6.07) is 6.88. The number of nitrogens with zero attached hydrogens (tertiary/aromatic N) is 4. The molecule has 0 spiro atoms. The molecule has 1 amide bonds. The third-order valence-corrected chi connectivity index (χ3v) is 6.45. The molecule has 2 aromatic heterocycles. The fourth-order valence-corrected chi connectivity index (χ4v) is 4.97. The number of anilines is 1. The number of fused-ring (bicyclic) bond motifs is 1. The number of amides is 1. The summed E-state index contributed by atoms with van der Waals surface area (Å²) < 4.78 is 12.7. The smallest absolute Gasteiger partial charge is 0.341 e. The average molecular weight is 456 g/mol. The third kappa shape index (κ3) is 4.64. The van der Waals surface area contributed by atoms with Crippen LogP contribution in [0.25, 0.3) is 0 Å². The van der Waals surface area contributed by atoms with Crippen molar-refractivity contribution < 1.29 is 19.1 Å². The van der Waals surface area contributed by atoms with Gasteiger partial charge in [-0.15, -0.1) is 16.4 Å². The SMILES string of the molecule is CCOC(=O)c1c(NC(=O)c2cccc(OCc3nnnn3CC)c2)sc2c1CCCC2. The van der Waals surface area contributed by atoms with Crippen LogP contribution in [0.3, 0.4) is 0 Å². The molecular formula is C22H25N5O4S. The zero-order valence-corrected chi connectivity index (χ0v) is 18.9. The lowest BCUT2D eigenvalue weighted by Gasteiger charge is -2.12. The summed E-state index contributed by atoms with van der Waals surface area (Å²) in [7, 11) is 0. The van der Waals surface area contributed by atoms with E-state index in [1.165, 1.54) is 11.3 Å². The third-order valence-electron chi connectivity index (χ3n) is 5.25. The van der Waals surface area contributed by atoms with Gasteiger partial charge in [0.15, 0.2) is 5.82 Å². The van der Waals surface area contributed by atoms with Crippen molar-refractivity contribution in [1.29, 1.82) is 0 Å². The molecule has 2 heterocycles. The second-order valence-corrected chi connectivity index (χ2v) is 8.42. The normalized spacial score (nSPS) is 12.8. The van der Waals surface area contributed by atoms with Crippen LogP contribution in [0.2, 0.25) is 0 Å². The van der Waals surface area contributed by atoms with E-state index < -0.39 is 0 Å². The van der Waals surface area contributed by atoms with Gasteiger partial charge in [0, 0.05) is 17.0 Å². The Bertz CT molecular complexity index is 1120. The monoisotopic (exact) mass is 455 g/mol. The number of carbonyl (C=O) groups excluding carboxylic acids is 2. The van der Waals surface area contributed by atoms with Crippen molar-refractivity contribution in [2.24, 2.45) is 0 Å². The molecule has 0 aliphatic heterocycles. The summed E-state index contributed by atoms with van der Waals surface area (Å²) in [5.74, 6) is 0.441. The van der Waals surface area contributed by atoms with Crippen molar-refractivity contribution in [3.8, 4) is 5.75 Å². The van der Waals surface area contributed by atoms with Gasteiger partial charge in [0.1, 0.15) is 17.4 Å². The number of carbonyl (C=O) groups is 2. The molecule has 0 saturated heterocycles. The molecule has 0 atom stereocenters. The first-order valence-electron chi connectivity index (χ1n) is 10.7. The van der Waals surface area contributed by atoms with Gasteiger partial charge in [-0.1, -0.05) is 6.07 Å². The molecule has 0 fully saturated rings. The number of thiophene rings is 1. The summed E-state index contributed by atoms with van der Waals surface area (Å²) in [6.07, 6.45) is 3.87. The predicted molar refractivity (Wildman–Crippen MR) is 119 cm³/mol. The number of tetrazole rings is 1. The maximum Gasteiger partial charge on any atom is 0.341 e. The van der Waals surface area contributed by atoms with Crippen molar-refractivity contribution in [1.82, 2.24) is 20.2 Å². The number of aryl methyl sites for hydroxylation is 2. The summed E-state index contributed by atoms with van der Waals surface area (Å²) in [4.78, 5) is 26.8. The van der Waals surface area contributed by atoms with E-state index in [0.29, 0.717) is 34.2 Å². The number of esters is 1. The van der Waals surface area contributed by atoms with Crippen LogP contribution >= 0.6 is 11.3 Å². The highest BCUT2D eigenvalue weighted by molar-refractivity contribution is 7.17. The molecule has 1 aliphatic carbocycles. The Kier molecular flexibility index (Phi) is 6.79. The number of rotatable bonds is 8. The molecule has 9 nitrogen and oxygen atoms in total. The van der Waals surface area contributed by atoms with E-state index >= 15 is 0 Å². The van der Waals surface area contributed by atoms with Crippen LogP contribution < -0.4 is 10.1 Å². The Labute approximate surface area is 189 Å². The number of benzene rings is 1. The molecule has 3 aromatic rings. The first-order chi connectivity index (χ1) is 15.6. The highest BCUT2D eigenvalue weighted by Gasteiger charge is 2.27. The average Bonchev–Trinajstić information content (AvgIpc) is 3.41. The molecule has 0 radical (unpaired) electrons. The first-order valence-corrected chi connectivity index (χ1v) is 11.5. The van der Waals surface area contributed by atoms with E-state index in [0.717, 1.165) is 36.1 Å². The number of nitrogens with one attached hydrogen (secondary N) is 1. The van der Waals surface area contributed by atoms with Crippen molar-refractivity contribution in [2.75, 3.05) is 11.9 Å². The Morgan fingerprint density at radius 2 is 2.06 bits per heavy atom. The lowest BCUT2D eigenvalue weighted by Crippen LogP contribution is -2.16. The minimum atomic E-state index is -0.382. The van der Waals surface area contributed by atoms with Crippen LogP contribution in [0.15, 0.2) is 24.3 Å². The molecule has 0 saturated carbocycles. The molecule has 32 heavy (non-hydrogen) atoms. The molecule has 1 aliphatic rings. The van der Waals surface area contributed by atoms with E-state index in [4.69, 9.17) is 9.47 Å². The Balaban J connectivity index is 1.51. The quantitative estimate of drug-likeness (QED) is 0.517. The Hall–Kier alpha value is -3.27. The minimum absolute atomic E-state index is 0.191. The largest absolute Gasteiger partial charge is 0.486 e. The van der Waals surface area contributed by atoms with Crippen LogP contribution in [-0.2, 0) is 30.7 Å². The van der Waals surface area contributed by atoms with Gasteiger partial charge >= 0.3 is 5.97 Å². The summed E-state index contributed by atoms with van der Waals surface area (Å²) in [5, 5.41) is 14.9. The minimum Gasteiger partial charge on any atom is -0.486 e. The van der Waals surface area contributed by atoms with Gasteiger partial charge in [-0.25, -0.2) is 9.48 Å². The predicted octanol–water partition coefficient (Wildman–Crippen LogP) is 3.64. The summed E-state index contributed by atoms with van der Waals surface area (Å²) >= 11 is 1.47. The van der Waals surface area contributed by atoms with Crippen molar-refractivity contribution >= 4 is 28.2 Å². The van der Waals surface area contributed by atoms with Crippen molar-refractivity contribution in [3.05, 3.63) is 51.7 Å². The zero-order valence-electron chi connectivity index (χ0n) is 18.1. The highest BCUT2D eigenvalue weighted by atomic mass is 32.1. The molecular weight excluding hydrogens is 430 g/mol. The van der Waals surface area contributed by atoms with E-state index in [-0.39, 0.29) is 25.1 Å². The highest BCUT2D eigenvalue weighted by Crippen LogP contribution is 2.38. The van der Waals surface area contributed by atoms with E-state index in [9.17, 15) is 9.59 Å². The second-order valence-electron chi connectivity index (χ2n) is 7.32. The van der Waals surface area contributed by atoms with E-state index in [2.05, 4.69) is 20.8 Å². The number of hydrogen-bond acceptors (Lipinski definition) is 8. The standard InChI is InChI=1S/C22H25N5O4S/c1-3-27-18(24-25-26-27)13-31-15-9-7-8-14(12-15)20(28)23-21-19(22(29)30-4-2)16-10-5-6-11-17(16)32-21/h7-9,12H,3-6,10-11,13H2,1-2H3,(H,23,28). The van der Waals surface area contributed by atoms with Gasteiger partial charge in [-0.2, -0.15) is 0 Å². The van der Waals surface area contributed by atoms with Crippen molar-refractivity contribution in [2.45, 2.75) is 52.7 Å². The molecule has 4 rings (SSSR count). The summed E-state index contributed by atoms with van der Waals surface area (Å²) in [5.41, 5.74) is 1.94. The van der Waals surface area contributed by atoms with Gasteiger partial charge in [-0.3, -0.25) is 4.79 Å². The van der Waals surface area contributed by atoms with E-state index in [1.54, 1.807) is 35.9 Å². The van der Waals surface area contributed by atoms with Crippen LogP contribution in [0, 0.1) is 0 Å². The maximum atomic E-state index is 13.0. The molecule has 0 bridgehead atoms. The first kappa shape index (κ1) is 21.9. The van der Waals surface area contributed by atoms with Gasteiger partial charge < -0.3 is 14.8 Å². The van der Waals surface area contributed by atoms with Crippen LogP contribution in [-0.4, -0.2) is 38.7 Å². The van der Waals surface area contributed by atoms with Crippen LogP contribution in [0.1, 0.15) is 63.7 Å². The molecule has 1 N–H and O–H groups in total. The fourth-order valence-electron chi connectivity index (χ4n) is 3.70. The summed E-state index contributed by atoms with van der Waals surface area (Å²) in [6.45, 7) is 4.84. The zero-order chi connectivity index (χ0) is 22.5. The lowest BCUT2D eigenvalue weighted by molar-refractivity contribution is 0.0526. The van der Waals surface area contributed by atoms with Gasteiger partial charge in [0.2, 0.25) is 0 Å². The second kappa shape index (κ2) is 9.90. The van der Waals surface area contributed by atoms with Crippen LogP contribution in [0.5, 0.6) is 5.75 Å². The Morgan fingerprint density at radius 1 is 1.22 bits per heavy atom. The number of aromatic nitrogens is 4. The molecule has 1 aromatic carbocycles. The Morgan fingerprint density at radius 3 is 2.88 bits per heavy atom. The number of ether oxygens (including phenoxy) is 2. The number of hydrogen-bond donors (Lipinski definition) is 1. The van der Waals surface area contributed by atoms with Crippen molar-refractivity contribution in [3.63, 3.8) is 0 Å². The molecule has 10 heteroatoms. The van der Waals surface area contributed by atoms with Gasteiger partial charge in [0.25, 0.3) is 5.91 Å². The van der Waals surface area contributed by atoms with Gasteiger partial charge in [-0.05, 0) is 73.7 Å². The van der Waals surface area contributed by atoms with Gasteiger partial charge in [0.05, 0.1) is 12.2 Å². The fraction of sp³-hybridized carbons (Fsp3) is 0.409. The lowest BCUT2D eigenvalue weighted by atomic mass is 9.95. The maximum absolute atomic E-state index is 13.0. The molecule has 0 unspecified atom stereocenters.